The van der Waals surface area contributed by atoms with Crippen LogP contribution in [-0.2, 0) is 11.2 Å². The Morgan fingerprint density at radius 1 is 1.04 bits per heavy atom. The van der Waals surface area contributed by atoms with Gasteiger partial charge in [-0.2, -0.15) is 0 Å². The Morgan fingerprint density at radius 3 is 2.40 bits per heavy atom. The second-order valence-corrected chi connectivity index (χ2v) is 5.90. The minimum absolute atomic E-state index is 0.347. The van der Waals surface area contributed by atoms with Gasteiger partial charge in [0.2, 0.25) is 0 Å². The fourth-order valence-corrected chi connectivity index (χ4v) is 2.27. The van der Waals surface area contributed by atoms with Crippen molar-refractivity contribution in [3.63, 3.8) is 0 Å². The number of halogens is 2. The Bertz CT molecular complexity index is 751. The molecule has 0 saturated heterocycles. The predicted molar refractivity (Wildman–Crippen MR) is 96.8 cm³/mol. The maximum absolute atomic E-state index is 11.8. The maximum Gasteiger partial charge on any atom is 0.341 e. The summed E-state index contributed by atoms with van der Waals surface area (Å²) in [5, 5.41) is 14.7. The highest BCUT2D eigenvalue weighted by molar-refractivity contribution is 6.42. The van der Waals surface area contributed by atoms with Gasteiger partial charge in [-0.05, 0) is 42.3 Å². The number of hydrogen-bond donors (Lipinski definition) is 3. The minimum Gasteiger partial charge on any atom is -0.482 e. The number of aliphatic carboxylic acids is 1. The van der Waals surface area contributed by atoms with E-state index in [0.717, 1.165) is 5.56 Å². The van der Waals surface area contributed by atoms with E-state index in [-0.39, 0.29) is 12.6 Å². The van der Waals surface area contributed by atoms with Gasteiger partial charge < -0.3 is 20.5 Å². The summed E-state index contributed by atoms with van der Waals surface area (Å²) < 4.78 is 5.05. The number of rotatable bonds is 7. The van der Waals surface area contributed by atoms with Crippen molar-refractivity contribution < 1.29 is 19.4 Å². The van der Waals surface area contributed by atoms with Crippen molar-refractivity contribution in [3.05, 3.63) is 58.1 Å². The zero-order valence-corrected chi connectivity index (χ0v) is 14.6. The van der Waals surface area contributed by atoms with Crippen LogP contribution in [0.5, 0.6) is 5.75 Å². The molecule has 0 heterocycles. The van der Waals surface area contributed by atoms with Crippen molar-refractivity contribution in [2.24, 2.45) is 0 Å². The molecule has 2 amide bonds. The van der Waals surface area contributed by atoms with Crippen molar-refractivity contribution in [2.75, 3.05) is 18.5 Å². The third kappa shape index (κ3) is 6.52. The summed E-state index contributed by atoms with van der Waals surface area (Å²) in [5.41, 5.74) is 1.53. The molecule has 0 aliphatic carbocycles. The zero-order valence-electron chi connectivity index (χ0n) is 13.1. The number of carboxylic acid groups (broad SMARTS) is 1. The number of anilines is 1. The molecule has 0 atom stereocenters. The van der Waals surface area contributed by atoms with Crippen molar-refractivity contribution in [1.82, 2.24) is 5.32 Å². The van der Waals surface area contributed by atoms with Gasteiger partial charge in [0.15, 0.2) is 6.61 Å². The highest BCUT2D eigenvalue weighted by Crippen LogP contribution is 2.24. The molecule has 0 fully saturated rings. The van der Waals surface area contributed by atoms with Gasteiger partial charge in [0, 0.05) is 12.2 Å². The van der Waals surface area contributed by atoms with Crippen LogP contribution in [0.2, 0.25) is 10.0 Å². The van der Waals surface area contributed by atoms with Crippen LogP contribution in [0.1, 0.15) is 5.56 Å². The minimum atomic E-state index is -1.03. The Kier molecular flexibility index (Phi) is 6.91. The van der Waals surface area contributed by atoms with Crippen LogP contribution in [0.25, 0.3) is 0 Å². The number of ether oxygens (including phenoxy) is 1. The standard InChI is InChI=1S/C17H16Cl2N2O4/c18-14-6-3-12(9-15(14)19)21-17(24)20-8-7-11-1-4-13(5-2-11)25-10-16(22)23/h1-6,9H,7-8,10H2,(H,22,23)(H2,20,21,24). The molecule has 0 bridgehead atoms. The van der Waals surface area contributed by atoms with Crippen molar-refractivity contribution >= 4 is 40.9 Å². The van der Waals surface area contributed by atoms with Crippen LogP contribution in [-0.4, -0.2) is 30.3 Å². The van der Waals surface area contributed by atoms with Crippen molar-refractivity contribution in [3.8, 4) is 5.75 Å². The van der Waals surface area contributed by atoms with Crippen LogP contribution in [0, 0.1) is 0 Å². The average Bonchev–Trinajstić information content (AvgIpc) is 2.57. The molecule has 8 heteroatoms. The topological polar surface area (TPSA) is 87.7 Å². The molecule has 0 unspecified atom stereocenters. The Morgan fingerprint density at radius 2 is 1.76 bits per heavy atom. The van der Waals surface area contributed by atoms with E-state index in [0.29, 0.717) is 34.4 Å². The molecular weight excluding hydrogens is 367 g/mol. The molecule has 0 aromatic heterocycles. The maximum atomic E-state index is 11.8. The fraction of sp³-hybridized carbons (Fsp3) is 0.176. The number of hydrogen-bond acceptors (Lipinski definition) is 3. The summed E-state index contributed by atoms with van der Waals surface area (Å²) in [7, 11) is 0. The Labute approximate surface area is 154 Å². The average molecular weight is 383 g/mol. The lowest BCUT2D eigenvalue weighted by Crippen LogP contribution is -2.30. The third-order valence-electron chi connectivity index (χ3n) is 3.16. The SMILES string of the molecule is O=C(O)COc1ccc(CCNC(=O)Nc2ccc(Cl)c(Cl)c2)cc1. The quantitative estimate of drug-likeness (QED) is 0.678. The van der Waals surface area contributed by atoms with Gasteiger partial charge in [-0.15, -0.1) is 0 Å². The number of benzene rings is 2. The largest absolute Gasteiger partial charge is 0.482 e. The highest BCUT2D eigenvalue weighted by Gasteiger charge is 2.04. The van der Waals surface area contributed by atoms with Gasteiger partial charge in [-0.3, -0.25) is 0 Å². The van der Waals surface area contributed by atoms with E-state index < -0.39 is 5.97 Å². The first kappa shape index (κ1) is 18.9. The number of carbonyl (C=O) groups is 2. The Balaban J connectivity index is 1.75. The van der Waals surface area contributed by atoms with Crippen LogP contribution < -0.4 is 15.4 Å². The molecule has 0 saturated carbocycles. The monoisotopic (exact) mass is 382 g/mol. The van der Waals surface area contributed by atoms with Gasteiger partial charge in [-0.1, -0.05) is 35.3 Å². The van der Waals surface area contributed by atoms with Gasteiger partial charge in [0.25, 0.3) is 0 Å². The number of urea groups is 1. The summed E-state index contributed by atoms with van der Waals surface area (Å²) in [6.07, 6.45) is 0.619. The summed E-state index contributed by atoms with van der Waals surface area (Å²) >= 11 is 11.7. The van der Waals surface area contributed by atoms with E-state index in [9.17, 15) is 9.59 Å². The zero-order chi connectivity index (χ0) is 18.2. The van der Waals surface area contributed by atoms with Gasteiger partial charge in [0.05, 0.1) is 10.0 Å². The van der Waals surface area contributed by atoms with E-state index in [1.54, 1.807) is 30.3 Å². The van der Waals surface area contributed by atoms with Crippen LogP contribution in [0.3, 0.4) is 0 Å². The highest BCUT2D eigenvalue weighted by atomic mass is 35.5. The summed E-state index contributed by atoms with van der Waals surface area (Å²) in [6.45, 7) is 0.0538. The molecule has 6 nitrogen and oxygen atoms in total. The third-order valence-corrected chi connectivity index (χ3v) is 3.90. The van der Waals surface area contributed by atoms with E-state index in [1.807, 2.05) is 12.1 Å². The van der Waals surface area contributed by atoms with E-state index in [2.05, 4.69) is 10.6 Å². The smallest absolute Gasteiger partial charge is 0.341 e. The molecule has 3 N–H and O–H groups in total. The molecule has 0 spiro atoms. The molecule has 0 aliphatic heterocycles. The van der Waals surface area contributed by atoms with Crippen LogP contribution in [0.15, 0.2) is 42.5 Å². The number of carbonyl (C=O) groups excluding carboxylic acids is 1. The van der Waals surface area contributed by atoms with Crippen LogP contribution in [0.4, 0.5) is 10.5 Å². The molecule has 132 valence electrons. The summed E-state index contributed by atoms with van der Waals surface area (Å²) in [6, 6.07) is 11.5. The van der Waals surface area contributed by atoms with Gasteiger partial charge >= 0.3 is 12.0 Å². The summed E-state index contributed by atoms with van der Waals surface area (Å²) in [5.74, 6) is -0.544. The first-order valence-corrected chi connectivity index (χ1v) is 8.13. The van der Waals surface area contributed by atoms with Gasteiger partial charge in [0.1, 0.15) is 5.75 Å². The summed E-state index contributed by atoms with van der Waals surface area (Å²) in [4.78, 5) is 22.3. The van der Waals surface area contributed by atoms with Crippen molar-refractivity contribution in [1.29, 1.82) is 0 Å². The lowest BCUT2D eigenvalue weighted by molar-refractivity contribution is -0.139. The second kappa shape index (κ2) is 9.15. The molecule has 2 aromatic rings. The van der Waals surface area contributed by atoms with Crippen molar-refractivity contribution in [2.45, 2.75) is 6.42 Å². The van der Waals surface area contributed by atoms with E-state index in [1.165, 1.54) is 0 Å². The predicted octanol–water partition coefficient (Wildman–Crippen LogP) is 3.82. The molecule has 0 aliphatic rings. The van der Waals surface area contributed by atoms with E-state index in [4.69, 9.17) is 33.0 Å². The molecular formula is C17H16Cl2N2O4. The van der Waals surface area contributed by atoms with E-state index >= 15 is 0 Å². The normalized spacial score (nSPS) is 10.2. The number of carboxylic acids is 1. The molecule has 25 heavy (non-hydrogen) atoms. The van der Waals surface area contributed by atoms with Crippen LogP contribution >= 0.6 is 23.2 Å². The van der Waals surface area contributed by atoms with Gasteiger partial charge in [-0.25, -0.2) is 9.59 Å². The molecule has 2 aromatic carbocycles. The lowest BCUT2D eigenvalue weighted by Gasteiger charge is -2.09. The number of nitrogens with one attached hydrogen (secondary N) is 2. The first-order chi connectivity index (χ1) is 11.9. The Hall–Kier alpha value is -2.44. The fourth-order valence-electron chi connectivity index (χ4n) is 1.97. The number of amides is 2. The molecule has 2 rings (SSSR count). The lowest BCUT2D eigenvalue weighted by atomic mass is 10.1. The molecule has 0 radical (unpaired) electrons. The second-order valence-electron chi connectivity index (χ2n) is 5.09. The first-order valence-electron chi connectivity index (χ1n) is 7.37.